The SMILES string of the molecule is NC(=O)c1cc(F)c(N[C@H]2CCCC[C@H]2N)nc1Nc1ccc2cnn(CCF)c2c1. The molecule has 0 saturated heterocycles. The lowest BCUT2D eigenvalue weighted by atomic mass is 9.91. The molecule has 0 unspecified atom stereocenters. The van der Waals surface area contributed by atoms with Crippen molar-refractivity contribution in [1.29, 1.82) is 0 Å². The van der Waals surface area contributed by atoms with E-state index in [1.54, 1.807) is 23.0 Å². The molecule has 1 saturated carbocycles. The van der Waals surface area contributed by atoms with Gasteiger partial charge in [-0.1, -0.05) is 12.8 Å². The molecule has 10 heteroatoms. The number of hydrogen-bond donors (Lipinski definition) is 4. The predicted molar refractivity (Wildman–Crippen MR) is 116 cm³/mol. The summed E-state index contributed by atoms with van der Waals surface area (Å²) in [4.78, 5) is 16.2. The second kappa shape index (κ2) is 8.84. The fourth-order valence-corrected chi connectivity index (χ4v) is 3.93. The van der Waals surface area contributed by atoms with E-state index in [1.165, 1.54) is 0 Å². The van der Waals surface area contributed by atoms with Crippen molar-refractivity contribution < 1.29 is 13.6 Å². The number of pyridine rings is 1. The summed E-state index contributed by atoms with van der Waals surface area (Å²) in [5, 5.41) is 11.1. The third-order valence-corrected chi connectivity index (χ3v) is 5.59. The van der Waals surface area contributed by atoms with Gasteiger partial charge in [-0.15, -0.1) is 0 Å². The molecule has 1 amide bonds. The summed E-state index contributed by atoms with van der Waals surface area (Å²) in [6, 6.07) is 6.21. The van der Waals surface area contributed by atoms with Crippen molar-refractivity contribution in [2.75, 3.05) is 17.3 Å². The number of alkyl halides is 1. The third-order valence-electron chi connectivity index (χ3n) is 5.59. The van der Waals surface area contributed by atoms with Gasteiger partial charge in [0, 0.05) is 23.2 Å². The Bertz CT molecular complexity index is 1100. The number of rotatable bonds is 7. The average Bonchev–Trinajstić information content (AvgIpc) is 3.14. The van der Waals surface area contributed by atoms with Crippen LogP contribution in [0.15, 0.2) is 30.5 Å². The maximum absolute atomic E-state index is 14.7. The number of aryl methyl sites for hydroxylation is 1. The summed E-state index contributed by atoms with van der Waals surface area (Å²) >= 11 is 0. The number of nitrogens with zero attached hydrogens (tertiary/aromatic N) is 3. The van der Waals surface area contributed by atoms with Crippen molar-refractivity contribution in [3.8, 4) is 0 Å². The van der Waals surface area contributed by atoms with Crippen LogP contribution in [0.4, 0.5) is 26.1 Å². The van der Waals surface area contributed by atoms with E-state index in [-0.39, 0.29) is 35.8 Å². The number of carbonyl (C=O) groups is 1. The van der Waals surface area contributed by atoms with Crippen molar-refractivity contribution >= 4 is 34.1 Å². The molecule has 2 aromatic heterocycles. The summed E-state index contributed by atoms with van der Waals surface area (Å²) in [5.74, 6) is -1.35. The van der Waals surface area contributed by atoms with Gasteiger partial charge in [0.05, 0.1) is 23.8 Å². The Morgan fingerprint density at radius 1 is 1.23 bits per heavy atom. The molecular weight excluding hydrogens is 404 g/mol. The van der Waals surface area contributed by atoms with Crippen LogP contribution in [0.1, 0.15) is 36.0 Å². The Morgan fingerprint density at radius 2 is 2.03 bits per heavy atom. The van der Waals surface area contributed by atoms with Crippen LogP contribution >= 0.6 is 0 Å². The van der Waals surface area contributed by atoms with E-state index >= 15 is 0 Å². The largest absolute Gasteiger partial charge is 0.365 e. The van der Waals surface area contributed by atoms with Crippen LogP contribution in [0, 0.1) is 5.82 Å². The Balaban J connectivity index is 1.67. The van der Waals surface area contributed by atoms with Crippen molar-refractivity contribution in [2.24, 2.45) is 11.5 Å². The molecule has 31 heavy (non-hydrogen) atoms. The van der Waals surface area contributed by atoms with E-state index < -0.39 is 18.4 Å². The third kappa shape index (κ3) is 4.43. The van der Waals surface area contributed by atoms with Gasteiger partial charge in [-0.2, -0.15) is 5.10 Å². The number of hydrogen-bond acceptors (Lipinski definition) is 6. The van der Waals surface area contributed by atoms with Crippen LogP contribution in [-0.2, 0) is 6.54 Å². The Kier molecular flexibility index (Phi) is 5.99. The lowest BCUT2D eigenvalue weighted by Gasteiger charge is -2.30. The minimum absolute atomic E-state index is 0.0124. The van der Waals surface area contributed by atoms with Gasteiger partial charge in [0.2, 0.25) is 0 Å². The van der Waals surface area contributed by atoms with Crippen molar-refractivity contribution in [2.45, 2.75) is 44.3 Å². The van der Waals surface area contributed by atoms with Crippen LogP contribution in [-0.4, -0.2) is 39.4 Å². The smallest absolute Gasteiger partial charge is 0.252 e. The number of primary amides is 1. The highest BCUT2D eigenvalue weighted by Crippen LogP contribution is 2.28. The first-order chi connectivity index (χ1) is 15.0. The number of amides is 1. The number of nitrogens with one attached hydrogen (secondary N) is 2. The van der Waals surface area contributed by atoms with Gasteiger partial charge < -0.3 is 22.1 Å². The van der Waals surface area contributed by atoms with Crippen LogP contribution < -0.4 is 22.1 Å². The number of fused-ring (bicyclic) bond motifs is 1. The van der Waals surface area contributed by atoms with E-state index in [2.05, 4.69) is 20.7 Å². The van der Waals surface area contributed by atoms with Crippen molar-refractivity contribution in [3.05, 3.63) is 41.8 Å². The number of benzene rings is 1. The predicted octanol–water partition coefficient (Wildman–Crippen LogP) is 3.06. The lowest BCUT2D eigenvalue weighted by Crippen LogP contribution is -2.43. The fraction of sp³-hybridized carbons (Fsp3) is 0.381. The highest BCUT2D eigenvalue weighted by atomic mass is 19.1. The van der Waals surface area contributed by atoms with Crippen molar-refractivity contribution in [3.63, 3.8) is 0 Å². The highest BCUT2D eigenvalue weighted by Gasteiger charge is 2.24. The zero-order valence-electron chi connectivity index (χ0n) is 16.9. The first kappa shape index (κ1) is 21.0. The molecule has 2 heterocycles. The average molecular weight is 429 g/mol. The van der Waals surface area contributed by atoms with Gasteiger partial charge in [0.15, 0.2) is 11.6 Å². The van der Waals surface area contributed by atoms with Crippen LogP contribution in [0.25, 0.3) is 10.9 Å². The standard InChI is InChI=1S/C21H25F2N7O/c22-7-8-30-18-9-13(6-5-12(18)11-26-30)27-20-14(19(25)31)10-15(23)21(29-20)28-17-4-2-1-3-16(17)24/h5-6,9-11,16-17H,1-4,7-8,24H2,(H2,25,31)(H2,27,28,29)/t16-,17+/m1/s1. The second-order valence-electron chi connectivity index (χ2n) is 7.73. The number of anilines is 3. The van der Waals surface area contributed by atoms with Crippen LogP contribution in [0.2, 0.25) is 0 Å². The van der Waals surface area contributed by atoms with E-state index in [0.29, 0.717) is 5.69 Å². The topological polar surface area (TPSA) is 124 Å². The molecule has 0 bridgehead atoms. The zero-order valence-corrected chi connectivity index (χ0v) is 16.9. The Labute approximate surface area is 178 Å². The quantitative estimate of drug-likeness (QED) is 0.458. The first-order valence-electron chi connectivity index (χ1n) is 10.3. The number of nitrogens with two attached hydrogens (primary N) is 2. The van der Waals surface area contributed by atoms with E-state index in [1.807, 2.05) is 6.07 Å². The van der Waals surface area contributed by atoms with Gasteiger partial charge >= 0.3 is 0 Å². The molecule has 8 nitrogen and oxygen atoms in total. The molecule has 6 N–H and O–H groups in total. The first-order valence-corrected chi connectivity index (χ1v) is 10.3. The molecule has 4 rings (SSSR count). The summed E-state index contributed by atoms with van der Waals surface area (Å²) in [5.41, 5.74) is 12.8. The fourth-order valence-electron chi connectivity index (χ4n) is 3.93. The second-order valence-corrected chi connectivity index (χ2v) is 7.73. The molecule has 1 aliphatic carbocycles. The van der Waals surface area contributed by atoms with E-state index in [9.17, 15) is 13.6 Å². The number of carbonyl (C=O) groups excluding carboxylic acids is 1. The minimum Gasteiger partial charge on any atom is -0.365 e. The molecule has 1 aromatic carbocycles. The number of aromatic nitrogens is 3. The lowest BCUT2D eigenvalue weighted by molar-refractivity contribution is 0.100. The van der Waals surface area contributed by atoms with Crippen LogP contribution in [0.5, 0.6) is 0 Å². The molecule has 2 atom stereocenters. The molecule has 0 radical (unpaired) electrons. The van der Waals surface area contributed by atoms with Crippen molar-refractivity contribution in [1.82, 2.24) is 14.8 Å². The van der Waals surface area contributed by atoms with E-state index in [0.717, 1.165) is 42.7 Å². The number of halogens is 2. The highest BCUT2D eigenvalue weighted by molar-refractivity contribution is 5.99. The minimum atomic E-state index is -0.807. The molecule has 0 aliphatic heterocycles. The molecule has 0 spiro atoms. The maximum atomic E-state index is 14.7. The van der Waals surface area contributed by atoms with Crippen LogP contribution in [0.3, 0.4) is 0 Å². The summed E-state index contributed by atoms with van der Waals surface area (Å²) in [7, 11) is 0. The normalized spacial score (nSPS) is 18.8. The molecule has 1 aliphatic rings. The zero-order chi connectivity index (χ0) is 22.0. The monoisotopic (exact) mass is 429 g/mol. The van der Waals surface area contributed by atoms with Gasteiger partial charge in [0.25, 0.3) is 5.91 Å². The summed E-state index contributed by atoms with van der Waals surface area (Å²) in [6.07, 6.45) is 5.37. The van der Waals surface area contributed by atoms with E-state index in [4.69, 9.17) is 11.5 Å². The maximum Gasteiger partial charge on any atom is 0.252 e. The molecule has 164 valence electrons. The summed E-state index contributed by atoms with van der Waals surface area (Å²) < 4.78 is 29.0. The summed E-state index contributed by atoms with van der Waals surface area (Å²) in [6.45, 7) is -0.415. The van der Waals surface area contributed by atoms with Gasteiger partial charge in [-0.05, 0) is 37.1 Å². The Hall–Kier alpha value is -3.27. The van der Waals surface area contributed by atoms with Gasteiger partial charge in [0.1, 0.15) is 12.5 Å². The van der Waals surface area contributed by atoms with Gasteiger partial charge in [-0.25, -0.2) is 13.8 Å². The molecular formula is C21H25F2N7O. The van der Waals surface area contributed by atoms with Gasteiger partial charge in [-0.3, -0.25) is 9.48 Å². The molecule has 3 aromatic rings. The molecule has 1 fully saturated rings. The Morgan fingerprint density at radius 3 is 2.77 bits per heavy atom.